The largest absolute Gasteiger partial charge is 0.305 e. The highest BCUT2D eigenvalue weighted by molar-refractivity contribution is 5.03. The first kappa shape index (κ1) is 12.8. The second-order valence-electron chi connectivity index (χ2n) is 4.12. The average molecular weight is 220 g/mol. The number of nitrogens with zero attached hydrogens (tertiary/aromatic N) is 3. The summed E-state index contributed by atoms with van der Waals surface area (Å²) < 4.78 is 1.82. The molecule has 0 radical (unpaired) electrons. The highest BCUT2D eigenvalue weighted by Gasteiger charge is 2.09. The highest BCUT2D eigenvalue weighted by Crippen LogP contribution is 2.04. The van der Waals surface area contributed by atoms with Crippen LogP contribution in [-0.4, -0.2) is 40.9 Å². The lowest BCUT2D eigenvalue weighted by molar-refractivity contribution is 0.245. The molecule has 0 aliphatic carbocycles. The van der Waals surface area contributed by atoms with Crippen LogP contribution in [0.5, 0.6) is 0 Å². The van der Waals surface area contributed by atoms with Crippen molar-refractivity contribution in [2.45, 2.75) is 19.5 Å². The Kier molecular flexibility index (Phi) is 5.03. The lowest BCUT2D eigenvalue weighted by Gasteiger charge is -2.24. The van der Waals surface area contributed by atoms with Crippen molar-refractivity contribution in [1.82, 2.24) is 20.0 Å². The van der Waals surface area contributed by atoms with E-state index in [0.717, 1.165) is 13.1 Å². The molecule has 1 aromatic heterocycles. The zero-order valence-corrected chi connectivity index (χ0v) is 10.3. The zero-order chi connectivity index (χ0) is 12.0. The SMILES string of the molecule is C#CCNCC(C)N(C)Cc1cnn(C)c1. The van der Waals surface area contributed by atoms with Crippen LogP contribution in [-0.2, 0) is 13.6 Å². The molecule has 0 bridgehead atoms. The maximum Gasteiger partial charge on any atom is 0.0574 e. The van der Waals surface area contributed by atoms with E-state index in [-0.39, 0.29) is 0 Å². The van der Waals surface area contributed by atoms with E-state index >= 15 is 0 Å². The van der Waals surface area contributed by atoms with Gasteiger partial charge in [0.05, 0.1) is 12.7 Å². The van der Waals surface area contributed by atoms with Gasteiger partial charge in [0.2, 0.25) is 0 Å². The second kappa shape index (κ2) is 6.31. The van der Waals surface area contributed by atoms with Crippen molar-refractivity contribution in [2.75, 3.05) is 20.1 Å². The van der Waals surface area contributed by atoms with Crippen molar-refractivity contribution in [1.29, 1.82) is 0 Å². The summed E-state index contributed by atoms with van der Waals surface area (Å²) in [7, 11) is 4.04. The summed E-state index contributed by atoms with van der Waals surface area (Å²) in [5, 5.41) is 7.36. The van der Waals surface area contributed by atoms with Gasteiger partial charge < -0.3 is 5.32 Å². The fourth-order valence-corrected chi connectivity index (χ4v) is 1.51. The Morgan fingerprint density at radius 2 is 2.44 bits per heavy atom. The molecule has 88 valence electrons. The van der Waals surface area contributed by atoms with Crippen LogP contribution < -0.4 is 5.32 Å². The fourth-order valence-electron chi connectivity index (χ4n) is 1.51. The number of hydrogen-bond donors (Lipinski definition) is 1. The standard InChI is InChI=1S/C12H20N4/c1-5-6-13-7-11(2)15(3)9-12-8-14-16(4)10-12/h1,8,10-11,13H,6-7,9H2,2-4H3. The summed E-state index contributed by atoms with van der Waals surface area (Å²) in [5.74, 6) is 2.57. The normalized spacial score (nSPS) is 12.7. The Bertz CT molecular complexity index is 350. The first-order valence-corrected chi connectivity index (χ1v) is 5.45. The van der Waals surface area contributed by atoms with Crippen LogP contribution in [0.15, 0.2) is 12.4 Å². The second-order valence-corrected chi connectivity index (χ2v) is 4.12. The van der Waals surface area contributed by atoms with E-state index in [1.165, 1.54) is 5.56 Å². The monoisotopic (exact) mass is 220 g/mol. The summed E-state index contributed by atoms with van der Waals surface area (Å²) in [6.07, 6.45) is 9.12. The molecule has 0 amide bonds. The molecule has 1 aromatic rings. The zero-order valence-electron chi connectivity index (χ0n) is 10.3. The quantitative estimate of drug-likeness (QED) is 0.558. The van der Waals surface area contributed by atoms with Crippen LogP contribution in [0.3, 0.4) is 0 Å². The molecule has 0 fully saturated rings. The van der Waals surface area contributed by atoms with Gasteiger partial charge in [0.25, 0.3) is 0 Å². The summed E-state index contributed by atoms with van der Waals surface area (Å²) in [5.41, 5.74) is 1.23. The van der Waals surface area contributed by atoms with Gasteiger partial charge >= 0.3 is 0 Å². The molecule has 0 aliphatic heterocycles. The van der Waals surface area contributed by atoms with Crippen molar-refractivity contribution < 1.29 is 0 Å². The van der Waals surface area contributed by atoms with Gasteiger partial charge in [-0.1, -0.05) is 5.92 Å². The van der Waals surface area contributed by atoms with Crippen molar-refractivity contribution >= 4 is 0 Å². The van der Waals surface area contributed by atoms with E-state index in [1.54, 1.807) is 0 Å². The van der Waals surface area contributed by atoms with Crippen LogP contribution in [0, 0.1) is 12.3 Å². The number of likely N-dealkylation sites (N-methyl/N-ethyl adjacent to an activating group) is 1. The van der Waals surface area contributed by atoms with E-state index in [4.69, 9.17) is 6.42 Å². The Morgan fingerprint density at radius 3 is 3.00 bits per heavy atom. The van der Waals surface area contributed by atoms with E-state index in [2.05, 4.69) is 35.2 Å². The van der Waals surface area contributed by atoms with Crippen LogP contribution in [0.2, 0.25) is 0 Å². The first-order chi connectivity index (χ1) is 7.63. The van der Waals surface area contributed by atoms with E-state index < -0.39 is 0 Å². The summed E-state index contributed by atoms with van der Waals surface area (Å²) in [6, 6.07) is 0.452. The molecule has 16 heavy (non-hydrogen) atoms. The molecule has 0 aromatic carbocycles. The molecule has 4 heteroatoms. The number of nitrogens with one attached hydrogen (secondary N) is 1. The van der Waals surface area contributed by atoms with Gasteiger partial charge in [0.1, 0.15) is 0 Å². The van der Waals surface area contributed by atoms with Crippen molar-refractivity contribution in [3.63, 3.8) is 0 Å². The summed E-state index contributed by atoms with van der Waals surface area (Å²) >= 11 is 0. The molecule has 1 rings (SSSR count). The minimum absolute atomic E-state index is 0.452. The molecule has 0 saturated heterocycles. The Hall–Kier alpha value is -1.31. The number of rotatable bonds is 6. The summed E-state index contributed by atoms with van der Waals surface area (Å²) in [6.45, 7) is 4.62. The fraction of sp³-hybridized carbons (Fsp3) is 0.583. The number of terminal acetylenes is 1. The minimum Gasteiger partial charge on any atom is -0.305 e. The number of aryl methyl sites for hydroxylation is 1. The maximum absolute atomic E-state index is 5.18. The molecule has 1 unspecified atom stereocenters. The molecule has 0 aliphatic rings. The molecule has 1 N–H and O–H groups in total. The van der Waals surface area contributed by atoms with E-state index in [0.29, 0.717) is 12.6 Å². The third kappa shape index (κ3) is 4.05. The van der Waals surface area contributed by atoms with Crippen molar-refractivity contribution in [3.8, 4) is 12.3 Å². The molecule has 0 spiro atoms. The van der Waals surface area contributed by atoms with Crippen LogP contribution in [0.4, 0.5) is 0 Å². The lowest BCUT2D eigenvalue weighted by atomic mass is 10.2. The van der Waals surface area contributed by atoms with Gasteiger partial charge in [-0.2, -0.15) is 5.10 Å². The molecule has 0 saturated carbocycles. The molecule has 1 atom stereocenters. The van der Waals surface area contributed by atoms with Crippen LogP contribution in [0.25, 0.3) is 0 Å². The Labute approximate surface area is 97.6 Å². The summed E-state index contributed by atoms with van der Waals surface area (Å²) in [4.78, 5) is 2.28. The predicted molar refractivity (Wildman–Crippen MR) is 65.8 cm³/mol. The van der Waals surface area contributed by atoms with E-state index in [1.807, 2.05) is 24.1 Å². The number of aromatic nitrogens is 2. The highest BCUT2D eigenvalue weighted by atomic mass is 15.2. The molecular formula is C12H20N4. The first-order valence-electron chi connectivity index (χ1n) is 5.45. The van der Waals surface area contributed by atoms with Crippen LogP contribution in [0.1, 0.15) is 12.5 Å². The third-order valence-corrected chi connectivity index (χ3v) is 2.61. The molecule has 1 heterocycles. The smallest absolute Gasteiger partial charge is 0.0574 e. The van der Waals surface area contributed by atoms with Gasteiger partial charge in [-0.15, -0.1) is 6.42 Å². The van der Waals surface area contributed by atoms with Gasteiger partial charge in [-0.25, -0.2) is 0 Å². The topological polar surface area (TPSA) is 33.1 Å². The molecular weight excluding hydrogens is 200 g/mol. The maximum atomic E-state index is 5.18. The van der Waals surface area contributed by atoms with Gasteiger partial charge in [-0.3, -0.25) is 9.58 Å². The van der Waals surface area contributed by atoms with Gasteiger partial charge in [-0.05, 0) is 14.0 Å². The third-order valence-electron chi connectivity index (χ3n) is 2.61. The Morgan fingerprint density at radius 1 is 1.69 bits per heavy atom. The minimum atomic E-state index is 0.452. The van der Waals surface area contributed by atoms with E-state index in [9.17, 15) is 0 Å². The van der Waals surface area contributed by atoms with Crippen molar-refractivity contribution in [3.05, 3.63) is 18.0 Å². The average Bonchev–Trinajstić information content (AvgIpc) is 2.64. The van der Waals surface area contributed by atoms with Crippen molar-refractivity contribution in [2.24, 2.45) is 7.05 Å². The number of hydrogen-bond acceptors (Lipinski definition) is 3. The predicted octanol–water partition coefficient (Wildman–Crippen LogP) is 0.463. The lowest BCUT2D eigenvalue weighted by Crippen LogP contribution is -2.37. The van der Waals surface area contributed by atoms with Crippen LogP contribution >= 0.6 is 0 Å². The van der Waals surface area contributed by atoms with Gasteiger partial charge in [0, 0.05) is 37.9 Å². The van der Waals surface area contributed by atoms with Gasteiger partial charge in [0.15, 0.2) is 0 Å². The Balaban J connectivity index is 2.34. The molecule has 4 nitrogen and oxygen atoms in total.